The molecule has 1 aromatic heterocycles. The highest BCUT2D eigenvalue weighted by molar-refractivity contribution is 7.09. The molecule has 0 atom stereocenters. The molecule has 1 aromatic carbocycles. The Morgan fingerprint density at radius 2 is 2.30 bits per heavy atom. The number of hydrogen-bond acceptors (Lipinski definition) is 5. The van der Waals surface area contributed by atoms with Gasteiger partial charge in [-0.3, -0.25) is 10.6 Å². The van der Waals surface area contributed by atoms with Gasteiger partial charge in [-0.1, -0.05) is 11.6 Å². The van der Waals surface area contributed by atoms with E-state index in [9.17, 15) is 4.79 Å². The van der Waals surface area contributed by atoms with Crippen molar-refractivity contribution in [1.82, 2.24) is 10.3 Å². The van der Waals surface area contributed by atoms with E-state index >= 15 is 0 Å². The van der Waals surface area contributed by atoms with Crippen LogP contribution < -0.4 is 16.6 Å². The molecular weight excluding hydrogens is 296 g/mol. The average Bonchev–Trinajstić information content (AvgIpc) is 2.84. The van der Waals surface area contributed by atoms with Crippen molar-refractivity contribution in [2.75, 3.05) is 12.0 Å². The molecule has 0 aliphatic rings. The third-order valence-corrected chi connectivity index (χ3v) is 3.77. The number of amides is 1. The first kappa shape index (κ1) is 14.8. The summed E-state index contributed by atoms with van der Waals surface area (Å²) < 4.78 is 0. The molecule has 106 valence electrons. The van der Waals surface area contributed by atoms with Gasteiger partial charge in [-0.25, -0.2) is 4.98 Å². The monoisotopic (exact) mass is 310 g/mol. The third kappa shape index (κ3) is 3.69. The predicted octanol–water partition coefficient (Wildman–Crippen LogP) is 2.36. The number of hydrogen-bond donors (Lipinski definition) is 3. The van der Waals surface area contributed by atoms with Crippen LogP contribution in [0, 0.1) is 6.92 Å². The fourth-order valence-electron chi connectivity index (χ4n) is 1.75. The first-order valence-corrected chi connectivity index (χ1v) is 7.31. The van der Waals surface area contributed by atoms with Crippen molar-refractivity contribution < 1.29 is 4.79 Å². The molecule has 2 aromatic rings. The summed E-state index contributed by atoms with van der Waals surface area (Å²) >= 11 is 7.49. The number of benzene rings is 1. The van der Waals surface area contributed by atoms with Crippen LogP contribution in [0.25, 0.3) is 0 Å². The summed E-state index contributed by atoms with van der Waals surface area (Å²) in [4.78, 5) is 16.4. The Bertz CT molecular complexity index is 614. The number of nitrogens with two attached hydrogens (primary N) is 1. The number of aryl methyl sites for hydroxylation is 1. The lowest BCUT2D eigenvalue weighted by molar-refractivity contribution is 0.0955. The van der Waals surface area contributed by atoms with Gasteiger partial charge in [0.2, 0.25) is 0 Å². The molecule has 0 aliphatic heterocycles. The number of nitrogens with zero attached hydrogens (tertiary/aromatic N) is 1. The second-order valence-corrected chi connectivity index (χ2v) is 5.70. The SMILES string of the molecule is Cc1nc(CCNC(=O)c2cc(Cl)ccc2NN)cs1. The zero-order valence-corrected chi connectivity index (χ0v) is 12.5. The summed E-state index contributed by atoms with van der Waals surface area (Å²) in [6, 6.07) is 4.92. The summed E-state index contributed by atoms with van der Waals surface area (Å²) in [5.74, 6) is 5.16. The van der Waals surface area contributed by atoms with Crippen molar-refractivity contribution in [2.24, 2.45) is 5.84 Å². The topological polar surface area (TPSA) is 80.0 Å². The van der Waals surface area contributed by atoms with Gasteiger partial charge in [-0.05, 0) is 25.1 Å². The number of nitrogen functional groups attached to an aromatic ring is 1. The average molecular weight is 311 g/mol. The maximum Gasteiger partial charge on any atom is 0.253 e. The molecule has 0 bridgehead atoms. The lowest BCUT2D eigenvalue weighted by Crippen LogP contribution is -2.27. The van der Waals surface area contributed by atoms with Gasteiger partial charge >= 0.3 is 0 Å². The van der Waals surface area contributed by atoms with Gasteiger partial charge in [0.1, 0.15) is 0 Å². The second kappa shape index (κ2) is 6.69. The first-order valence-electron chi connectivity index (χ1n) is 6.05. The summed E-state index contributed by atoms with van der Waals surface area (Å²) in [5.41, 5.74) is 4.43. The minimum atomic E-state index is -0.215. The van der Waals surface area contributed by atoms with Gasteiger partial charge in [0.15, 0.2) is 0 Å². The fourth-order valence-corrected chi connectivity index (χ4v) is 2.57. The van der Waals surface area contributed by atoms with Crippen molar-refractivity contribution in [3.63, 3.8) is 0 Å². The van der Waals surface area contributed by atoms with E-state index in [1.54, 1.807) is 29.5 Å². The zero-order valence-electron chi connectivity index (χ0n) is 10.9. The molecule has 0 unspecified atom stereocenters. The van der Waals surface area contributed by atoms with Crippen molar-refractivity contribution in [3.8, 4) is 0 Å². The number of halogens is 1. The highest BCUT2D eigenvalue weighted by Crippen LogP contribution is 2.19. The number of hydrazine groups is 1. The van der Waals surface area contributed by atoms with Crippen molar-refractivity contribution in [3.05, 3.63) is 44.9 Å². The maximum atomic E-state index is 12.1. The summed E-state index contributed by atoms with van der Waals surface area (Å²) in [7, 11) is 0. The minimum absolute atomic E-state index is 0.215. The normalized spacial score (nSPS) is 10.3. The van der Waals surface area contributed by atoms with E-state index < -0.39 is 0 Å². The van der Waals surface area contributed by atoms with E-state index in [1.807, 2.05) is 12.3 Å². The Kier molecular flexibility index (Phi) is 4.94. The number of anilines is 1. The van der Waals surface area contributed by atoms with Crippen LogP contribution in [0.2, 0.25) is 5.02 Å². The zero-order chi connectivity index (χ0) is 14.5. The van der Waals surface area contributed by atoms with Gasteiger partial charge in [-0.2, -0.15) is 0 Å². The van der Waals surface area contributed by atoms with Crippen molar-refractivity contribution in [1.29, 1.82) is 0 Å². The summed E-state index contributed by atoms with van der Waals surface area (Å²) in [6.45, 7) is 2.47. The van der Waals surface area contributed by atoms with E-state index in [2.05, 4.69) is 15.7 Å². The van der Waals surface area contributed by atoms with Crippen LogP contribution in [0.15, 0.2) is 23.6 Å². The van der Waals surface area contributed by atoms with E-state index in [4.69, 9.17) is 17.4 Å². The highest BCUT2D eigenvalue weighted by atomic mass is 35.5. The molecule has 1 amide bonds. The predicted molar refractivity (Wildman–Crippen MR) is 82.2 cm³/mol. The quantitative estimate of drug-likeness (QED) is 0.585. The number of rotatable bonds is 5. The summed E-state index contributed by atoms with van der Waals surface area (Å²) in [5, 5.41) is 6.34. The Morgan fingerprint density at radius 3 is 2.95 bits per heavy atom. The largest absolute Gasteiger partial charge is 0.352 e. The van der Waals surface area contributed by atoms with Crippen LogP contribution in [0.5, 0.6) is 0 Å². The standard InChI is InChI=1S/C13H15ClN4OS/c1-8-17-10(7-20-8)4-5-16-13(19)11-6-9(14)2-3-12(11)18-15/h2-3,6-7,18H,4-5,15H2,1H3,(H,16,19). The Balaban J connectivity index is 1.96. The number of nitrogens with one attached hydrogen (secondary N) is 2. The Morgan fingerprint density at radius 1 is 1.50 bits per heavy atom. The third-order valence-electron chi connectivity index (χ3n) is 2.72. The van der Waals surface area contributed by atoms with Crippen LogP contribution in [-0.4, -0.2) is 17.4 Å². The van der Waals surface area contributed by atoms with Crippen molar-refractivity contribution in [2.45, 2.75) is 13.3 Å². The highest BCUT2D eigenvalue weighted by Gasteiger charge is 2.11. The molecule has 2 rings (SSSR count). The van der Waals surface area contributed by atoms with Gasteiger partial charge in [0, 0.05) is 23.4 Å². The molecule has 7 heteroatoms. The van der Waals surface area contributed by atoms with Crippen LogP contribution in [-0.2, 0) is 6.42 Å². The smallest absolute Gasteiger partial charge is 0.253 e. The number of carbonyl (C=O) groups is 1. The fraction of sp³-hybridized carbons (Fsp3) is 0.231. The number of aromatic nitrogens is 1. The lowest BCUT2D eigenvalue weighted by atomic mass is 10.1. The molecule has 4 N–H and O–H groups in total. The second-order valence-electron chi connectivity index (χ2n) is 4.20. The molecule has 1 heterocycles. The first-order chi connectivity index (χ1) is 9.60. The van der Waals surface area contributed by atoms with E-state index in [0.717, 1.165) is 10.7 Å². The molecule has 0 saturated heterocycles. The Labute approximate surface area is 126 Å². The molecule has 0 saturated carbocycles. The molecule has 20 heavy (non-hydrogen) atoms. The van der Waals surface area contributed by atoms with Crippen LogP contribution >= 0.6 is 22.9 Å². The van der Waals surface area contributed by atoms with E-state index in [1.165, 1.54) is 0 Å². The number of carbonyl (C=O) groups excluding carboxylic acids is 1. The number of thiazole rings is 1. The minimum Gasteiger partial charge on any atom is -0.352 e. The van der Waals surface area contributed by atoms with Crippen LogP contribution in [0.3, 0.4) is 0 Å². The van der Waals surface area contributed by atoms with Gasteiger partial charge in [0.25, 0.3) is 5.91 Å². The molecule has 0 fully saturated rings. The molecule has 5 nitrogen and oxygen atoms in total. The van der Waals surface area contributed by atoms with Crippen LogP contribution in [0.4, 0.5) is 5.69 Å². The van der Waals surface area contributed by atoms with Gasteiger partial charge in [-0.15, -0.1) is 11.3 Å². The molecular formula is C13H15ClN4OS. The van der Waals surface area contributed by atoms with Crippen molar-refractivity contribution >= 4 is 34.5 Å². The van der Waals surface area contributed by atoms with E-state index in [0.29, 0.717) is 29.2 Å². The summed E-state index contributed by atoms with van der Waals surface area (Å²) in [6.07, 6.45) is 0.696. The molecule has 0 radical (unpaired) electrons. The molecule has 0 spiro atoms. The lowest BCUT2D eigenvalue weighted by Gasteiger charge is -2.09. The maximum absolute atomic E-state index is 12.1. The Hall–Kier alpha value is -1.63. The van der Waals surface area contributed by atoms with E-state index in [-0.39, 0.29) is 5.91 Å². The molecule has 0 aliphatic carbocycles. The van der Waals surface area contributed by atoms with Gasteiger partial charge in [0.05, 0.1) is 22.0 Å². The van der Waals surface area contributed by atoms with Crippen LogP contribution in [0.1, 0.15) is 21.1 Å². The van der Waals surface area contributed by atoms with Gasteiger partial charge < -0.3 is 10.7 Å².